The number of thioether (sulfide) groups is 1. The summed E-state index contributed by atoms with van der Waals surface area (Å²) in [6.45, 7) is 1.96. The molecule has 1 saturated carbocycles. The van der Waals surface area contributed by atoms with Crippen LogP contribution in [0.3, 0.4) is 0 Å². The Morgan fingerprint density at radius 3 is 2.56 bits per heavy atom. The lowest BCUT2D eigenvalue weighted by atomic mass is 9.94. The van der Waals surface area contributed by atoms with Crippen LogP contribution in [0.1, 0.15) is 61.0 Å². The van der Waals surface area contributed by atoms with Crippen molar-refractivity contribution in [2.75, 3.05) is 12.8 Å². The van der Waals surface area contributed by atoms with E-state index in [4.69, 9.17) is 0 Å². The van der Waals surface area contributed by atoms with Gasteiger partial charge in [0.2, 0.25) is 5.91 Å². The van der Waals surface area contributed by atoms with Crippen molar-refractivity contribution in [3.63, 3.8) is 0 Å². The van der Waals surface area contributed by atoms with Crippen LogP contribution < -0.4 is 5.32 Å². The highest BCUT2D eigenvalue weighted by Gasteiger charge is 2.23. The first-order valence-electron chi connectivity index (χ1n) is 11.8. The number of rotatable bonds is 8. The topological polar surface area (TPSA) is 80.1 Å². The van der Waals surface area contributed by atoms with Gasteiger partial charge in [-0.3, -0.25) is 9.59 Å². The molecule has 4 rings (SSSR count). The van der Waals surface area contributed by atoms with E-state index in [0.29, 0.717) is 17.4 Å². The largest absolute Gasteiger partial charge is 0.345 e. The van der Waals surface area contributed by atoms with Crippen LogP contribution in [-0.4, -0.2) is 50.3 Å². The van der Waals surface area contributed by atoms with Gasteiger partial charge in [0.25, 0.3) is 5.91 Å². The quantitative estimate of drug-likeness (QED) is 0.478. The summed E-state index contributed by atoms with van der Waals surface area (Å²) >= 11 is 1.43. The first-order chi connectivity index (χ1) is 16.5. The summed E-state index contributed by atoms with van der Waals surface area (Å²) < 4.78 is 1.69. The van der Waals surface area contributed by atoms with Gasteiger partial charge in [-0.15, -0.1) is 11.8 Å². The van der Waals surface area contributed by atoms with Crippen molar-refractivity contribution in [1.82, 2.24) is 25.0 Å². The zero-order chi connectivity index (χ0) is 23.9. The molecule has 1 aromatic heterocycles. The smallest absolute Gasteiger partial charge is 0.252 e. The Kier molecular flexibility index (Phi) is 8.00. The molecule has 2 aromatic carbocycles. The predicted molar refractivity (Wildman–Crippen MR) is 134 cm³/mol. The molecule has 0 bridgehead atoms. The normalized spacial score (nSPS) is 15.0. The van der Waals surface area contributed by atoms with E-state index in [1.54, 1.807) is 11.0 Å². The van der Waals surface area contributed by atoms with Crippen LogP contribution in [0.15, 0.2) is 66.1 Å². The van der Waals surface area contributed by atoms with Crippen LogP contribution >= 0.6 is 11.8 Å². The molecule has 178 valence electrons. The Bertz CT molecular complexity index is 1090. The third kappa shape index (κ3) is 5.86. The highest BCUT2D eigenvalue weighted by molar-refractivity contribution is 8.00. The monoisotopic (exact) mass is 477 g/mol. The average Bonchev–Trinajstić information content (AvgIpc) is 3.42. The first kappa shape index (κ1) is 24.0. The van der Waals surface area contributed by atoms with E-state index < -0.39 is 0 Å². The van der Waals surface area contributed by atoms with Crippen molar-refractivity contribution in [3.8, 4) is 5.69 Å². The van der Waals surface area contributed by atoms with E-state index in [1.165, 1.54) is 37.4 Å². The van der Waals surface area contributed by atoms with Crippen molar-refractivity contribution in [2.24, 2.45) is 0 Å². The number of amides is 2. The van der Waals surface area contributed by atoms with E-state index in [9.17, 15) is 9.59 Å². The van der Waals surface area contributed by atoms with Gasteiger partial charge < -0.3 is 10.2 Å². The Morgan fingerprint density at radius 1 is 1.12 bits per heavy atom. The van der Waals surface area contributed by atoms with Crippen molar-refractivity contribution in [2.45, 2.75) is 56.0 Å². The fourth-order valence-electron chi connectivity index (χ4n) is 4.31. The second-order valence-corrected chi connectivity index (χ2v) is 9.73. The molecule has 7 nitrogen and oxygen atoms in total. The van der Waals surface area contributed by atoms with E-state index in [-0.39, 0.29) is 17.9 Å². The fourth-order valence-corrected chi connectivity index (χ4v) is 5.28. The molecule has 1 aliphatic rings. The fraction of sp³-hybridized carbons (Fsp3) is 0.385. The highest BCUT2D eigenvalue weighted by atomic mass is 32.2. The van der Waals surface area contributed by atoms with Crippen LogP contribution in [0, 0.1) is 0 Å². The summed E-state index contributed by atoms with van der Waals surface area (Å²) in [7, 11) is 1.91. The molecule has 0 saturated heterocycles. The molecule has 1 fully saturated rings. The van der Waals surface area contributed by atoms with Crippen molar-refractivity contribution >= 4 is 23.6 Å². The zero-order valence-electron chi connectivity index (χ0n) is 19.7. The molecule has 1 atom stereocenters. The molecule has 0 spiro atoms. The molecule has 8 heteroatoms. The molecular weight excluding hydrogens is 446 g/mol. The van der Waals surface area contributed by atoms with Gasteiger partial charge in [-0.1, -0.05) is 43.5 Å². The minimum Gasteiger partial charge on any atom is -0.345 e. The third-order valence-corrected chi connectivity index (χ3v) is 7.48. The number of hydrogen-bond donors (Lipinski definition) is 1. The summed E-state index contributed by atoms with van der Waals surface area (Å²) in [5.74, 6) is 0.299. The molecule has 1 heterocycles. The zero-order valence-corrected chi connectivity index (χ0v) is 20.5. The second kappa shape index (κ2) is 11.3. The minimum atomic E-state index is -0.172. The summed E-state index contributed by atoms with van der Waals surface area (Å²) in [6, 6.07) is 15.5. The molecule has 3 aromatic rings. The number of hydrogen-bond acceptors (Lipinski definition) is 5. The van der Waals surface area contributed by atoms with Gasteiger partial charge in [-0.2, -0.15) is 5.10 Å². The Labute approximate surface area is 205 Å². The summed E-state index contributed by atoms with van der Waals surface area (Å²) in [6.07, 6.45) is 8.97. The first-order valence-corrected chi connectivity index (χ1v) is 12.7. The molecule has 2 amide bonds. The highest BCUT2D eigenvalue weighted by Crippen LogP contribution is 2.26. The average molecular weight is 478 g/mol. The summed E-state index contributed by atoms with van der Waals surface area (Å²) in [5.41, 5.74) is 2.49. The summed E-state index contributed by atoms with van der Waals surface area (Å²) in [5, 5.41) is 7.22. The van der Waals surface area contributed by atoms with E-state index >= 15 is 0 Å². The second-order valence-electron chi connectivity index (χ2n) is 8.71. The number of benzene rings is 2. The van der Waals surface area contributed by atoms with E-state index in [0.717, 1.165) is 29.0 Å². The minimum absolute atomic E-state index is 0.118. The molecule has 1 aliphatic carbocycles. The number of carbonyl (C=O) groups is 2. The Hall–Kier alpha value is -3.13. The Morgan fingerprint density at radius 2 is 1.85 bits per heavy atom. The molecule has 1 N–H and O–H groups in total. The number of nitrogens with one attached hydrogen (secondary N) is 1. The SMILES string of the molecule is CC(NC(=O)c1ccccc1SCC(=O)N(C)C1CCCCC1)c1ccc(-n2cncn2)cc1. The maximum Gasteiger partial charge on any atom is 0.252 e. The van der Waals surface area contributed by atoms with Gasteiger partial charge in [-0.25, -0.2) is 9.67 Å². The van der Waals surface area contributed by atoms with Gasteiger partial charge in [0.1, 0.15) is 12.7 Å². The van der Waals surface area contributed by atoms with E-state index in [1.807, 2.05) is 67.4 Å². The van der Waals surface area contributed by atoms with Crippen molar-refractivity contribution in [1.29, 1.82) is 0 Å². The number of carbonyl (C=O) groups excluding carboxylic acids is 2. The van der Waals surface area contributed by atoms with Crippen LogP contribution in [0.5, 0.6) is 0 Å². The van der Waals surface area contributed by atoms with Crippen LogP contribution in [0.25, 0.3) is 5.69 Å². The van der Waals surface area contributed by atoms with Crippen molar-refractivity contribution < 1.29 is 9.59 Å². The lowest BCUT2D eigenvalue weighted by Crippen LogP contribution is -2.39. The van der Waals surface area contributed by atoms with Gasteiger partial charge in [-0.05, 0) is 49.6 Å². The van der Waals surface area contributed by atoms with Gasteiger partial charge in [0.15, 0.2) is 0 Å². The number of nitrogens with zero attached hydrogens (tertiary/aromatic N) is 4. The predicted octanol–water partition coefficient (Wildman–Crippen LogP) is 4.64. The van der Waals surface area contributed by atoms with Gasteiger partial charge >= 0.3 is 0 Å². The molecule has 0 radical (unpaired) electrons. The molecule has 34 heavy (non-hydrogen) atoms. The molecule has 1 unspecified atom stereocenters. The number of aromatic nitrogens is 3. The molecule has 0 aliphatic heterocycles. The third-order valence-electron chi connectivity index (χ3n) is 6.42. The van der Waals surface area contributed by atoms with E-state index in [2.05, 4.69) is 15.4 Å². The maximum atomic E-state index is 13.1. The van der Waals surface area contributed by atoms with Gasteiger partial charge in [0, 0.05) is 18.0 Å². The summed E-state index contributed by atoms with van der Waals surface area (Å²) in [4.78, 5) is 32.5. The lowest BCUT2D eigenvalue weighted by Gasteiger charge is -2.31. The molecular formula is C26H31N5O2S. The Balaban J connectivity index is 1.36. The van der Waals surface area contributed by atoms with Crippen LogP contribution in [-0.2, 0) is 4.79 Å². The van der Waals surface area contributed by atoms with Crippen LogP contribution in [0.2, 0.25) is 0 Å². The van der Waals surface area contributed by atoms with Crippen molar-refractivity contribution in [3.05, 3.63) is 72.3 Å². The maximum absolute atomic E-state index is 13.1. The standard InChI is InChI=1S/C26H31N5O2S/c1-19(20-12-14-22(15-13-20)31-18-27-17-28-31)29-26(33)23-10-6-7-11-24(23)34-16-25(32)30(2)21-8-4-3-5-9-21/h6-7,10-15,17-19,21H,3-5,8-9,16H2,1-2H3,(H,29,33). The van der Waals surface area contributed by atoms with Gasteiger partial charge in [0.05, 0.1) is 23.0 Å². The van der Waals surface area contributed by atoms with Crippen LogP contribution in [0.4, 0.5) is 0 Å². The lowest BCUT2D eigenvalue weighted by molar-refractivity contribution is -0.129.